The molecule has 1 aromatic rings. The standard InChI is InChI=1S/C11H19N3/c1-8(12)6-10-7-14(13-9(10)2)11-4-3-5-11/h7-8,11H,3-6,12H2,1-2H3. The Morgan fingerprint density at radius 3 is 2.86 bits per heavy atom. The zero-order chi connectivity index (χ0) is 10.1. The van der Waals surface area contributed by atoms with E-state index in [9.17, 15) is 0 Å². The van der Waals surface area contributed by atoms with Crippen molar-refractivity contribution in [2.24, 2.45) is 5.73 Å². The monoisotopic (exact) mass is 193 g/mol. The third kappa shape index (κ3) is 1.82. The quantitative estimate of drug-likeness (QED) is 0.795. The highest BCUT2D eigenvalue weighted by Gasteiger charge is 2.21. The maximum Gasteiger partial charge on any atom is 0.0626 e. The fraction of sp³-hybridized carbons (Fsp3) is 0.727. The summed E-state index contributed by atoms with van der Waals surface area (Å²) in [5.41, 5.74) is 8.25. The Morgan fingerprint density at radius 1 is 1.64 bits per heavy atom. The molecule has 14 heavy (non-hydrogen) atoms. The molecule has 0 amide bonds. The summed E-state index contributed by atoms with van der Waals surface area (Å²) in [4.78, 5) is 0. The minimum atomic E-state index is 0.229. The Morgan fingerprint density at radius 2 is 2.36 bits per heavy atom. The Labute approximate surface area is 85.3 Å². The summed E-state index contributed by atoms with van der Waals surface area (Å²) in [5.74, 6) is 0. The van der Waals surface area contributed by atoms with Crippen LogP contribution in [0.4, 0.5) is 0 Å². The SMILES string of the molecule is Cc1nn(C2CCC2)cc1CC(C)N. The molecule has 0 radical (unpaired) electrons. The average Bonchev–Trinajstić information content (AvgIpc) is 2.27. The van der Waals surface area contributed by atoms with Crippen molar-refractivity contribution in [3.63, 3.8) is 0 Å². The topological polar surface area (TPSA) is 43.8 Å². The molecule has 3 heteroatoms. The van der Waals surface area contributed by atoms with Gasteiger partial charge in [-0.1, -0.05) is 0 Å². The number of aromatic nitrogens is 2. The molecular formula is C11H19N3. The van der Waals surface area contributed by atoms with E-state index < -0.39 is 0 Å². The van der Waals surface area contributed by atoms with Gasteiger partial charge in [0.15, 0.2) is 0 Å². The van der Waals surface area contributed by atoms with Crippen LogP contribution >= 0.6 is 0 Å². The van der Waals surface area contributed by atoms with Crippen LogP contribution in [0.15, 0.2) is 6.20 Å². The number of nitrogens with zero attached hydrogens (tertiary/aromatic N) is 2. The van der Waals surface area contributed by atoms with Crippen molar-refractivity contribution in [3.8, 4) is 0 Å². The van der Waals surface area contributed by atoms with Crippen molar-refractivity contribution in [1.82, 2.24) is 9.78 Å². The molecule has 0 spiro atoms. The largest absolute Gasteiger partial charge is 0.328 e. The van der Waals surface area contributed by atoms with Gasteiger partial charge in [0, 0.05) is 12.2 Å². The smallest absolute Gasteiger partial charge is 0.0626 e. The number of hydrogen-bond acceptors (Lipinski definition) is 2. The summed E-state index contributed by atoms with van der Waals surface area (Å²) in [6.45, 7) is 4.12. The van der Waals surface area contributed by atoms with Crippen LogP contribution in [0.3, 0.4) is 0 Å². The lowest BCUT2D eigenvalue weighted by molar-refractivity contribution is 0.288. The van der Waals surface area contributed by atoms with Crippen LogP contribution in [0, 0.1) is 6.92 Å². The molecule has 1 unspecified atom stereocenters. The van der Waals surface area contributed by atoms with Crippen molar-refractivity contribution in [1.29, 1.82) is 0 Å². The minimum Gasteiger partial charge on any atom is -0.328 e. The zero-order valence-corrected chi connectivity index (χ0v) is 9.03. The Hall–Kier alpha value is -0.830. The molecule has 1 heterocycles. The van der Waals surface area contributed by atoms with Crippen LogP contribution in [0.25, 0.3) is 0 Å². The molecule has 1 atom stereocenters. The zero-order valence-electron chi connectivity index (χ0n) is 9.03. The van der Waals surface area contributed by atoms with Crippen molar-refractivity contribution in [2.45, 2.75) is 51.6 Å². The highest BCUT2D eigenvalue weighted by molar-refractivity contribution is 5.17. The van der Waals surface area contributed by atoms with Gasteiger partial charge in [-0.2, -0.15) is 5.10 Å². The molecule has 0 aliphatic heterocycles. The first-order valence-corrected chi connectivity index (χ1v) is 5.47. The third-order valence-corrected chi connectivity index (χ3v) is 3.01. The normalized spacial score (nSPS) is 19.4. The highest BCUT2D eigenvalue weighted by atomic mass is 15.3. The van der Waals surface area contributed by atoms with E-state index in [4.69, 9.17) is 5.73 Å². The van der Waals surface area contributed by atoms with E-state index in [1.165, 1.54) is 24.8 Å². The van der Waals surface area contributed by atoms with Gasteiger partial charge in [-0.25, -0.2) is 0 Å². The predicted molar refractivity (Wildman–Crippen MR) is 57.2 cm³/mol. The molecule has 1 aromatic heterocycles. The minimum absolute atomic E-state index is 0.229. The van der Waals surface area contributed by atoms with Gasteiger partial charge in [0.05, 0.1) is 11.7 Å². The third-order valence-electron chi connectivity index (χ3n) is 3.01. The molecular weight excluding hydrogens is 174 g/mol. The summed E-state index contributed by atoms with van der Waals surface area (Å²) in [7, 11) is 0. The molecule has 2 rings (SSSR count). The summed E-state index contributed by atoms with van der Waals surface area (Å²) >= 11 is 0. The van der Waals surface area contributed by atoms with Gasteiger partial charge in [-0.15, -0.1) is 0 Å². The van der Waals surface area contributed by atoms with Crippen LogP contribution in [0.2, 0.25) is 0 Å². The van der Waals surface area contributed by atoms with Gasteiger partial charge in [-0.3, -0.25) is 4.68 Å². The summed E-state index contributed by atoms with van der Waals surface area (Å²) in [6, 6.07) is 0.892. The van der Waals surface area contributed by atoms with Crippen molar-refractivity contribution in [2.75, 3.05) is 0 Å². The maximum absolute atomic E-state index is 5.79. The molecule has 0 bridgehead atoms. The second-order valence-corrected chi connectivity index (χ2v) is 4.49. The maximum atomic E-state index is 5.79. The highest BCUT2D eigenvalue weighted by Crippen LogP contribution is 2.31. The van der Waals surface area contributed by atoms with Crippen LogP contribution in [-0.2, 0) is 6.42 Å². The van der Waals surface area contributed by atoms with Gasteiger partial charge in [-0.05, 0) is 45.1 Å². The molecule has 0 saturated heterocycles. The number of rotatable bonds is 3. The first-order valence-electron chi connectivity index (χ1n) is 5.47. The molecule has 0 aromatic carbocycles. The molecule has 78 valence electrons. The molecule has 1 aliphatic rings. The van der Waals surface area contributed by atoms with Gasteiger partial charge < -0.3 is 5.73 Å². The number of aryl methyl sites for hydroxylation is 1. The van der Waals surface area contributed by atoms with Gasteiger partial charge in [0.1, 0.15) is 0 Å². The Bertz CT molecular complexity index is 310. The van der Waals surface area contributed by atoms with E-state index in [1.807, 2.05) is 6.92 Å². The lowest BCUT2D eigenvalue weighted by Gasteiger charge is -2.25. The molecule has 3 nitrogen and oxygen atoms in total. The fourth-order valence-electron chi connectivity index (χ4n) is 1.90. The fourth-order valence-corrected chi connectivity index (χ4v) is 1.90. The van der Waals surface area contributed by atoms with E-state index in [2.05, 4.69) is 22.9 Å². The van der Waals surface area contributed by atoms with Crippen molar-refractivity contribution in [3.05, 3.63) is 17.5 Å². The Kier molecular flexibility index (Phi) is 2.59. The van der Waals surface area contributed by atoms with Crippen LogP contribution in [-0.4, -0.2) is 15.8 Å². The van der Waals surface area contributed by atoms with Crippen molar-refractivity contribution < 1.29 is 0 Å². The van der Waals surface area contributed by atoms with Gasteiger partial charge in [0.25, 0.3) is 0 Å². The average molecular weight is 193 g/mol. The summed E-state index contributed by atoms with van der Waals surface area (Å²) in [6.07, 6.45) is 7.06. The molecule has 1 aliphatic carbocycles. The van der Waals surface area contributed by atoms with E-state index >= 15 is 0 Å². The summed E-state index contributed by atoms with van der Waals surface area (Å²) < 4.78 is 2.14. The second kappa shape index (κ2) is 3.73. The first kappa shape index (κ1) is 9.71. The van der Waals surface area contributed by atoms with Gasteiger partial charge >= 0.3 is 0 Å². The van der Waals surface area contributed by atoms with E-state index in [1.54, 1.807) is 0 Å². The van der Waals surface area contributed by atoms with E-state index in [0.717, 1.165) is 12.1 Å². The number of hydrogen-bond donors (Lipinski definition) is 1. The number of nitrogens with two attached hydrogens (primary N) is 1. The van der Waals surface area contributed by atoms with Crippen LogP contribution in [0.1, 0.15) is 43.5 Å². The van der Waals surface area contributed by atoms with E-state index in [-0.39, 0.29) is 6.04 Å². The Balaban J connectivity index is 2.12. The molecule has 1 saturated carbocycles. The van der Waals surface area contributed by atoms with Crippen LogP contribution in [0.5, 0.6) is 0 Å². The second-order valence-electron chi connectivity index (χ2n) is 4.49. The predicted octanol–water partition coefficient (Wildman–Crippen LogP) is 1.81. The molecule has 2 N–H and O–H groups in total. The first-order chi connectivity index (χ1) is 6.66. The van der Waals surface area contributed by atoms with E-state index in [0.29, 0.717) is 6.04 Å². The summed E-state index contributed by atoms with van der Waals surface area (Å²) in [5, 5.41) is 4.55. The van der Waals surface area contributed by atoms with Crippen LogP contribution < -0.4 is 5.73 Å². The lowest BCUT2D eigenvalue weighted by Crippen LogP contribution is -2.18. The van der Waals surface area contributed by atoms with Crippen molar-refractivity contribution >= 4 is 0 Å². The van der Waals surface area contributed by atoms with Gasteiger partial charge in [0.2, 0.25) is 0 Å². The lowest BCUT2D eigenvalue weighted by atomic mass is 9.93. The molecule has 1 fully saturated rings.